The minimum Gasteiger partial charge on any atom is -0.309 e. The summed E-state index contributed by atoms with van der Waals surface area (Å²) in [6.07, 6.45) is 2.07. The highest BCUT2D eigenvalue weighted by Crippen LogP contribution is 2.34. The van der Waals surface area contributed by atoms with Crippen molar-refractivity contribution in [1.29, 1.82) is 5.41 Å². The number of hydrogen-bond donors (Lipinski definition) is 2. The van der Waals surface area contributed by atoms with Crippen LogP contribution in [0.1, 0.15) is 19.4 Å². The number of nitrogens with two attached hydrogens (primary N) is 1. The third kappa shape index (κ3) is 2.97. The normalized spacial score (nSPS) is 19.3. The predicted octanol–water partition coefficient (Wildman–Crippen LogP) is 2.96. The van der Waals surface area contributed by atoms with E-state index in [1.165, 1.54) is 0 Å². The molecule has 1 aliphatic heterocycles. The van der Waals surface area contributed by atoms with Crippen molar-refractivity contribution in [2.45, 2.75) is 13.8 Å². The predicted molar refractivity (Wildman–Crippen MR) is 88.2 cm³/mol. The molecule has 0 amide bonds. The van der Waals surface area contributed by atoms with Gasteiger partial charge in [-0.2, -0.15) is 0 Å². The van der Waals surface area contributed by atoms with Gasteiger partial charge in [0.15, 0.2) is 0 Å². The lowest BCUT2D eigenvalue weighted by Gasteiger charge is -2.09. The van der Waals surface area contributed by atoms with Crippen LogP contribution >= 0.6 is 15.9 Å². The number of hydrogen-bond acceptors (Lipinski definition) is 2. The molecule has 3 nitrogen and oxygen atoms in total. The first kappa shape index (κ1) is 14.9. The van der Waals surface area contributed by atoms with Crippen molar-refractivity contribution in [3.8, 4) is 0 Å². The highest BCUT2D eigenvalue weighted by atomic mass is 79.9. The maximum atomic E-state index is 7.96. The quantitative estimate of drug-likeness (QED) is 0.782. The topological polar surface area (TPSA) is 52.8 Å². The maximum Gasteiger partial charge on any atom is 0.212 e. The Hall–Kier alpha value is -1.52. The number of rotatable bonds is 2. The van der Waals surface area contributed by atoms with E-state index in [-0.39, 0.29) is 5.92 Å². The van der Waals surface area contributed by atoms with E-state index in [0.717, 1.165) is 27.2 Å². The molecule has 0 radical (unpaired) electrons. The standard InChI is InChI=1S/C16H18BrN3/c1-10(18)13-9-14(17)15(11(2)20-16(13)19-3)12-7-5-4-6-8-12/h4-9,13,18H,1-3H3,(H,19,20)/p+1. The van der Waals surface area contributed by atoms with Crippen LogP contribution in [0.25, 0.3) is 5.57 Å². The smallest absolute Gasteiger partial charge is 0.212 e. The van der Waals surface area contributed by atoms with Gasteiger partial charge in [-0.1, -0.05) is 46.3 Å². The van der Waals surface area contributed by atoms with Gasteiger partial charge in [-0.25, -0.2) is 4.99 Å². The van der Waals surface area contributed by atoms with E-state index in [2.05, 4.69) is 34.1 Å². The van der Waals surface area contributed by atoms with Crippen molar-refractivity contribution in [3.05, 3.63) is 52.2 Å². The van der Waals surface area contributed by atoms with E-state index in [0.29, 0.717) is 5.71 Å². The third-order valence-electron chi connectivity index (χ3n) is 3.35. The van der Waals surface area contributed by atoms with Gasteiger partial charge in [-0.15, -0.1) is 0 Å². The molecule has 0 aliphatic carbocycles. The Kier molecular flexibility index (Phi) is 4.68. The first-order chi connectivity index (χ1) is 9.54. The van der Waals surface area contributed by atoms with E-state index in [1.807, 2.05) is 44.4 Å². The molecule has 3 N–H and O–H groups in total. The minimum atomic E-state index is -0.0643. The Morgan fingerprint density at radius 2 is 1.95 bits per heavy atom. The van der Waals surface area contributed by atoms with Crippen LogP contribution in [-0.4, -0.2) is 18.6 Å². The van der Waals surface area contributed by atoms with Crippen molar-refractivity contribution in [2.75, 3.05) is 7.05 Å². The summed E-state index contributed by atoms with van der Waals surface area (Å²) in [7, 11) is 1.97. The Morgan fingerprint density at radius 1 is 1.30 bits per heavy atom. The van der Waals surface area contributed by atoms with Crippen LogP contribution in [0.4, 0.5) is 0 Å². The van der Waals surface area contributed by atoms with Gasteiger partial charge < -0.3 is 10.7 Å². The Bertz CT molecular complexity index is 612. The molecule has 1 aliphatic rings. The molecule has 1 unspecified atom stereocenters. The molecular weight excluding hydrogens is 314 g/mol. The van der Waals surface area contributed by atoms with E-state index < -0.39 is 0 Å². The first-order valence-corrected chi connectivity index (χ1v) is 7.41. The summed E-state index contributed by atoms with van der Waals surface area (Å²) in [6, 6.07) is 10.2. The number of quaternary nitrogens is 1. The van der Waals surface area contributed by atoms with Crippen LogP contribution in [0.5, 0.6) is 0 Å². The van der Waals surface area contributed by atoms with Crippen molar-refractivity contribution >= 4 is 33.1 Å². The molecular formula is C16H19BrN3+. The van der Waals surface area contributed by atoms with Crippen LogP contribution in [0.2, 0.25) is 0 Å². The summed E-state index contributed by atoms with van der Waals surface area (Å²) in [6.45, 7) is 3.84. The Labute approximate surface area is 128 Å². The molecule has 0 fully saturated rings. The summed E-state index contributed by atoms with van der Waals surface area (Å²) in [5.41, 5.74) is 3.79. The van der Waals surface area contributed by atoms with Crippen LogP contribution in [-0.2, 0) is 0 Å². The van der Waals surface area contributed by atoms with Gasteiger partial charge in [0.2, 0.25) is 5.84 Å². The average molecular weight is 333 g/mol. The van der Waals surface area contributed by atoms with E-state index in [1.54, 1.807) is 0 Å². The average Bonchev–Trinajstić information content (AvgIpc) is 2.55. The third-order valence-corrected chi connectivity index (χ3v) is 4.01. The van der Waals surface area contributed by atoms with Crippen molar-refractivity contribution in [2.24, 2.45) is 10.9 Å². The molecule has 0 bridgehead atoms. The summed E-state index contributed by atoms with van der Waals surface area (Å²) in [5, 5.41) is 9.94. The number of allylic oxidation sites excluding steroid dienone is 3. The summed E-state index contributed by atoms with van der Waals surface area (Å²) < 4.78 is 0.999. The van der Waals surface area contributed by atoms with Crippen LogP contribution in [0.15, 0.2) is 51.6 Å². The van der Waals surface area contributed by atoms with Gasteiger partial charge in [0.1, 0.15) is 5.92 Å². The molecule has 0 saturated carbocycles. The fourth-order valence-electron chi connectivity index (χ4n) is 2.35. The second-order valence-electron chi connectivity index (χ2n) is 4.83. The van der Waals surface area contributed by atoms with Gasteiger partial charge in [-0.05, 0) is 25.5 Å². The van der Waals surface area contributed by atoms with Crippen LogP contribution in [0, 0.1) is 11.3 Å². The Balaban J connectivity index is 2.60. The molecule has 2 rings (SSSR count). The molecule has 104 valence electrons. The van der Waals surface area contributed by atoms with E-state index in [9.17, 15) is 0 Å². The van der Waals surface area contributed by atoms with Crippen molar-refractivity contribution < 1.29 is 5.32 Å². The lowest BCUT2D eigenvalue weighted by Crippen LogP contribution is -2.85. The molecule has 1 atom stereocenters. The lowest BCUT2D eigenvalue weighted by molar-refractivity contribution is -0.509. The fourth-order valence-corrected chi connectivity index (χ4v) is 3.13. The second kappa shape index (κ2) is 6.29. The number of amidine groups is 1. The number of nitrogens with one attached hydrogen (secondary N) is 1. The van der Waals surface area contributed by atoms with E-state index in [4.69, 9.17) is 10.4 Å². The van der Waals surface area contributed by atoms with Crippen molar-refractivity contribution in [1.82, 2.24) is 0 Å². The van der Waals surface area contributed by atoms with Crippen molar-refractivity contribution in [3.63, 3.8) is 0 Å². The molecule has 20 heavy (non-hydrogen) atoms. The molecule has 0 aromatic heterocycles. The fraction of sp³-hybridized carbons (Fsp3) is 0.250. The van der Waals surface area contributed by atoms with Crippen LogP contribution in [0.3, 0.4) is 0 Å². The molecule has 0 spiro atoms. The van der Waals surface area contributed by atoms with Gasteiger partial charge in [-0.3, -0.25) is 0 Å². The number of halogens is 1. The molecule has 1 aromatic carbocycles. The molecule has 1 aromatic rings. The van der Waals surface area contributed by atoms with Gasteiger partial charge in [0, 0.05) is 15.8 Å². The second-order valence-corrected chi connectivity index (χ2v) is 5.68. The minimum absolute atomic E-state index is 0.0643. The summed E-state index contributed by atoms with van der Waals surface area (Å²) in [5.74, 6) is 0.864. The Morgan fingerprint density at radius 3 is 2.50 bits per heavy atom. The molecule has 4 heteroatoms. The van der Waals surface area contributed by atoms with Gasteiger partial charge in [0.05, 0.1) is 12.7 Å². The van der Waals surface area contributed by atoms with E-state index >= 15 is 0 Å². The lowest BCUT2D eigenvalue weighted by atomic mass is 9.99. The van der Waals surface area contributed by atoms with Gasteiger partial charge >= 0.3 is 0 Å². The monoisotopic (exact) mass is 332 g/mol. The largest absolute Gasteiger partial charge is 0.309 e. The molecule has 0 saturated heterocycles. The molecule has 1 heterocycles. The summed E-state index contributed by atoms with van der Waals surface area (Å²) in [4.78, 5) is 4.72. The number of aliphatic imine (C=N–C) groups is 1. The zero-order valence-electron chi connectivity index (χ0n) is 11.9. The van der Waals surface area contributed by atoms with Crippen LogP contribution < -0.4 is 5.32 Å². The number of benzene rings is 1. The first-order valence-electron chi connectivity index (χ1n) is 6.61. The zero-order valence-corrected chi connectivity index (χ0v) is 13.5. The number of nitrogens with zero attached hydrogens (tertiary/aromatic N) is 1. The van der Waals surface area contributed by atoms with Gasteiger partial charge in [0.25, 0.3) is 0 Å². The zero-order chi connectivity index (χ0) is 14.7. The SMILES string of the molecule is C[NH2+]C1=NC(C)=C(c2ccccc2)C(Br)=CC1C(C)=N. The highest BCUT2D eigenvalue weighted by molar-refractivity contribution is 9.12. The highest BCUT2D eigenvalue weighted by Gasteiger charge is 2.24. The maximum absolute atomic E-state index is 7.96. The summed E-state index contributed by atoms with van der Waals surface area (Å²) >= 11 is 3.67.